The Morgan fingerprint density at radius 3 is 2.19 bits per heavy atom. The van der Waals surface area contributed by atoms with Gasteiger partial charge in [0.2, 0.25) is 0 Å². The number of carbonyl (C=O) groups excluding carboxylic acids is 3. The number of hydrogen-bond donors (Lipinski definition) is 1. The number of carbonyl (C=O) groups is 3. The maximum atomic E-state index is 13.2. The maximum Gasteiger partial charge on any atom is 0.335 e. The van der Waals surface area contributed by atoms with E-state index in [0.717, 1.165) is 33.6 Å². The largest absolute Gasteiger partial charge is 0.493 e. The molecular weight excluding hydrogens is 456 g/mol. The highest BCUT2D eigenvalue weighted by Crippen LogP contribution is 2.31. The van der Waals surface area contributed by atoms with Crippen LogP contribution in [0.25, 0.3) is 6.08 Å². The monoisotopic (exact) mass is 484 g/mol. The van der Waals surface area contributed by atoms with Crippen LogP contribution in [0.3, 0.4) is 0 Å². The Hall–Kier alpha value is -4.39. The Kier molecular flexibility index (Phi) is 7.20. The second-order valence-corrected chi connectivity index (χ2v) is 8.67. The quantitative estimate of drug-likeness (QED) is 0.372. The van der Waals surface area contributed by atoms with Gasteiger partial charge in [0.1, 0.15) is 12.2 Å². The molecule has 1 heterocycles. The highest BCUT2D eigenvalue weighted by Gasteiger charge is 2.36. The molecule has 1 saturated heterocycles. The highest BCUT2D eigenvalue weighted by molar-refractivity contribution is 6.39. The van der Waals surface area contributed by atoms with Crippen molar-refractivity contribution >= 4 is 29.6 Å². The van der Waals surface area contributed by atoms with Crippen molar-refractivity contribution in [2.24, 2.45) is 0 Å². The molecule has 0 spiro atoms. The Balaban J connectivity index is 1.58. The first-order chi connectivity index (χ1) is 17.3. The van der Waals surface area contributed by atoms with Gasteiger partial charge in [0, 0.05) is 0 Å². The lowest BCUT2D eigenvalue weighted by atomic mass is 10.1. The number of urea groups is 1. The minimum absolute atomic E-state index is 0.153. The maximum absolute atomic E-state index is 13.2. The lowest BCUT2D eigenvalue weighted by Crippen LogP contribution is -2.54. The van der Waals surface area contributed by atoms with E-state index in [4.69, 9.17) is 9.47 Å². The van der Waals surface area contributed by atoms with Crippen LogP contribution in [0.2, 0.25) is 0 Å². The summed E-state index contributed by atoms with van der Waals surface area (Å²) >= 11 is 0. The smallest absolute Gasteiger partial charge is 0.335 e. The fourth-order valence-corrected chi connectivity index (χ4v) is 4.15. The third-order valence-electron chi connectivity index (χ3n) is 5.88. The van der Waals surface area contributed by atoms with Gasteiger partial charge in [0.15, 0.2) is 11.5 Å². The Morgan fingerprint density at radius 1 is 0.861 bits per heavy atom. The van der Waals surface area contributed by atoms with E-state index < -0.39 is 17.8 Å². The minimum Gasteiger partial charge on any atom is -0.493 e. The molecule has 7 nitrogen and oxygen atoms in total. The number of barbiturate groups is 1. The first kappa shape index (κ1) is 24.7. The van der Waals surface area contributed by atoms with Crippen molar-refractivity contribution in [2.75, 3.05) is 12.0 Å². The van der Waals surface area contributed by atoms with Gasteiger partial charge in [-0.05, 0) is 67.3 Å². The second kappa shape index (κ2) is 10.5. The van der Waals surface area contributed by atoms with Crippen LogP contribution in [0.1, 0.15) is 34.7 Å². The van der Waals surface area contributed by atoms with E-state index in [0.29, 0.717) is 29.4 Å². The molecule has 1 fully saturated rings. The number of ether oxygens (including phenoxy) is 2. The molecule has 0 aromatic heterocycles. The summed E-state index contributed by atoms with van der Waals surface area (Å²) in [5, 5.41) is 2.25. The van der Waals surface area contributed by atoms with Crippen LogP contribution < -0.4 is 19.7 Å². The molecule has 4 amide bonds. The second-order valence-electron chi connectivity index (χ2n) is 8.67. The van der Waals surface area contributed by atoms with Gasteiger partial charge in [-0.2, -0.15) is 0 Å². The molecule has 0 radical (unpaired) electrons. The number of aryl methyl sites for hydroxylation is 3. The standard InChI is InChI=1S/C29H28N2O5/c1-5-20-6-9-23(10-7-20)31-28(33)24(27(32)30-29(31)34)15-21-8-11-25(26(16-21)35-4)36-17-22-13-18(2)12-19(3)14-22/h6-16H,5,17H2,1-4H3,(H,30,32,34)/b24-15+. The van der Waals surface area contributed by atoms with E-state index in [1.165, 1.54) is 13.2 Å². The molecule has 0 unspecified atom stereocenters. The Morgan fingerprint density at radius 2 is 1.56 bits per heavy atom. The summed E-state index contributed by atoms with van der Waals surface area (Å²) in [6, 6.07) is 17.7. The lowest BCUT2D eigenvalue weighted by molar-refractivity contribution is -0.122. The molecule has 1 N–H and O–H groups in total. The van der Waals surface area contributed by atoms with Crippen molar-refractivity contribution in [3.63, 3.8) is 0 Å². The van der Waals surface area contributed by atoms with Gasteiger partial charge in [-0.1, -0.05) is 54.4 Å². The molecule has 3 aromatic rings. The van der Waals surface area contributed by atoms with Gasteiger partial charge in [-0.25, -0.2) is 9.69 Å². The molecule has 0 saturated carbocycles. The Bertz CT molecular complexity index is 1340. The summed E-state index contributed by atoms with van der Waals surface area (Å²) in [6.45, 7) is 6.46. The minimum atomic E-state index is -0.779. The topological polar surface area (TPSA) is 84.9 Å². The van der Waals surface area contributed by atoms with E-state index in [9.17, 15) is 14.4 Å². The Labute approximate surface area is 210 Å². The molecular formula is C29H28N2O5. The van der Waals surface area contributed by atoms with E-state index in [1.54, 1.807) is 30.3 Å². The van der Waals surface area contributed by atoms with Crippen molar-refractivity contribution in [3.8, 4) is 11.5 Å². The summed E-state index contributed by atoms with van der Waals surface area (Å²) in [5.74, 6) is -0.450. The van der Waals surface area contributed by atoms with Crippen molar-refractivity contribution in [3.05, 3.63) is 94.1 Å². The zero-order valence-corrected chi connectivity index (χ0v) is 20.8. The van der Waals surface area contributed by atoms with Crippen LogP contribution >= 0.6 is 0 Å². The molecule has 184 valence electrons. The number of benzene rings is 3. The zero-order chi connectivity index (χ0) is 25.8. The van der Waals surface area contributed by atoms with Gasteiger partial charge >= 0.3 is 6.03 Å². The van der Waals surface area contributed by atoms with Crippen molar-refractivity contribution in [2.45, 2.75) is 33.8 Å². The van der Waals surface area contributed by atoms with E-state index in [2.05, 4.69) is 23.5 Å². The first-order valence-electron chi connectivity index (χ1n) is 11.7. The average molecular weight is 485 g/mol. The number of rotatable bonds is 7. The molecule has 4 rings (SSSR count). The molecule has 7 heteroatoms. The molecule has 0 bridgehead atoms. The van der Waals surface area contributed by atoms with Crippen LogP contribution in [0.5, 0.6) is 11.5 Å². The van der Waals surface area contributed by atoms with Crippen LogP contribution in [0.15, 0.2) is 66.2 Å². The summed E-state index contributed by atoms with van der Waals surface area (Å²) in [7, 11) is 1.52. The number of nitrogens with one attached hydrogen (secondary N) is 1. The molecule has 3 aromatic carbocycles. The van der Waals surface area contributed by atoms with Crippen molar-refractivity contribution < 1.29 is 23.9 Å². The summed E-state index contributed by atoms with van der Waals surface area (Å²) in [5.41, 5.74) is 5.23. The first-order valence-corrected chi connectivity index (χ1v) is 11.7. The molecule has 1 aliphatic rings. The summed E-state index contributed by atoms with van der Waals surface area (Å²) < 4.78 is 11.5. The van der Waals surface area contributed by atoms with Gasteiger partial charge in [-0.15, -0.1) is 0 Å². The summed E-state index contributed by atoms with van der Waals surface area (Å²) in [4.78, 5) is 39.1. The lowest BCUT2D eigenvalue weighted by Gasteiger charge is -2.26. The van der Waals surface area contributed by atoms with Crippen LogP contribution in [0, 0.1) is 13.8 Å². The van der Waals surface area contributed by atoms with Crippen LogP contribution in [-0.2, 0) is 22.6 Å². The van der Waals surface area contributed by atoms with Gasteiger partial charge in [0.25, 0.3) is 11.8 Å². The number of anilines is 1. The molecule has 0 atom stereocenters. The summed E-state index contributed by atoms with van der Waals surface area (Å²) in [6.07, 6.45) is 2.27. The van der Waals surface area contributed by atoms with E-state index in [1.807, 2.05) is 32.9 Å². The van der Waals surface area contributed by atoms with Gasteiger partial charge in [-0.3, -0.25) is 14.9 Å². The molecule has 0 aliphatic carbocycles. The number of hydrogen-bond acceptors (Lipinski definition) is 5. The van der Waals surface area contributed by atoms with Crippen molar-refractivity contribution in [1.29, 1.82) is 0 Å². The number of nitrogens with zero attached hydrogens (tertiary/aromatic N) is 1. The average Bonchev–Trinajstić information content (AvgIpc) is 2.85. The van der Waals surface area contributed by atoms with Crippen LogP contribution in [-0.4, -0.2) is 25.0 Å². The van der Waals surface area contributed by atoms with Crippen LogP contribution in [0.4, 0.5) is 10.5 Å². The fourth-order valence-electron chi connectivity index (χ4n) is 4.15. The van der Waals surface area contributed by atoms with E-state index >= 15 is 0 Å². The zero-order valence-electron chi connectivity index (χ0n) is 20.8. The number of imide groups is 2. The third kappa shape index (κ3) is 5.30. The number of methoxy groups -OCH3 is 1. The highest BCUT2D eigenvalue weighted by atomic mass is 16.5. The van der Waals surface area contributed by atoms with Crippen molar-refractivity contribution in [1.82, 2.24) is 5.32 Å². The van der Waals surface area contributed by atoms with Gasteiger partial charge in [0.05, 0.1) is 12.8 Å². The predicted molar refractivity (Wildman–Crippen MR) is 138 cm³/mol. The third-order valence-corrected chi connectivity index (χ3v) is 5.88. The van der Waals surface area contributed by atoms with Gasteiger partial charge < -0.3 is 9.47 Å². The molecule has 1 aliphatic heterocycles. The SMILES string of the molecule is CCc1ccc(N2C(=O)NC(=O)/C(=C\c3ccc(OCc4cc(C)cc(C)c4)c(OC)c3)C2=O)cc1. The fraction of sp³-hybridized carbons (Fsp3) is 0.207. The number of amides is 4. The normalized spacial score (nSPS) is 14.7. The van der Waals surface area contributed by atoms with E-state index in [-0.39, 0.29) is 5.57 Å². The predicted octanol–water partition coefficient (Wildman–Crippen LogP) is 5.12. The molecule has 36 heavy (non-hydrogen) atoms.